The van der Waals surface area contributed by atoms with Gasteiger partial charge in [-0.05, 0) is 36.8 Å². The van der Waals surface area contributed by atoms with Crippen molar-refractivity contribution in [1.82, 2.24) is 9.38 Å². The molecule has 0 aliphatic carbocycles. The molecule has 2 N–H and O–H groups in total. The first-order valence-corrected chi connectivity index (χ1v) is 10.2. The van der Waals surface area contributed by atoms with E-state index in [0.717, 1.165) is 11.3 Å². The Morgan fingerprint density at radius 1 is 1.03 bits per heavy atom. The summed E-state index contributed by atoms with van der Waals surface area (Å²) in [6.45, 7) is 1.80. The van der Waals surface area contributed by atoms with Gasteiger partial charge in [-0.25, -0.2) is 9.78 Å². The number of hydrogen-bond donors (Lipinski definition) is 2. The van der Waals surface area contributed by atoms with Gasteiger partial charge in [0.15, 0.2) is 4.96 Å². The van der Waals surface area contributed by atoms with Crippen molar-refractivity contribution in [3.05, 3.63) is 70.0 Å². The van der Waals surface area contributed by atoms with E-state index in [9.17, 15) is 9.59 Å². The fourth-order valence-corrected chi connectivity index (χ4v) is 4.09. The third kappa shape index (κ3) is 4.22. The van der Waals surface area contributed by atoms with E-state index in [-0.39, 0.29) is 5.56 Å². The number of fused-ring (bicyclic) bond motifs is 1. The van der Waals surface area contributed by atoms with E-state index in [0.29, 0.717) is 33.5 Å². The number of nitrogens with zero attached hydrogens (tertiary/aromatic N) is 2. The van der Waals surface area contributed by atoms with Crippen LogP contribution in [0.25, 0.3) is 16.2 Å². The second kappa shape index (κ2) is 8.49. The Morgan fingerprint density at radius 3 is 2.52 bits per heavy atom. The molecule has 9 heteroatoms. The van der Waals surface area contributed by atoms with Crippen molar-refractivity contribution < 1.29 is 14.3 Å². The van der Waals surface area contributed by atoms with Crippen LogP contribution in [-0.4, -0.2) is 29.6 Å². The summed E-state index contributed by atoms with van der Waals surface area (Å²) in [6.07, 6.45) is 0. The lowest BCUT2D eigenvalue weighted by molar-refractivity contribution is 0.262. The molecule has 2 aromatic carbocycles. The largest absolute Gasteiger partial charge is 0.497 e. The first-order valence-electron chi connectivity index (χ1n) is 9.37. The number of methoxy groups -OCH3 is 2. The van der Waals surface area contributed by atoms with Crippen molar-refractivity contribution >= 4 is 33.7 Å². The third-order valence-corrected chi connectivity index (χ3v) is 5.45. The van der Waals surface area contributed by atoms with E-state index in [1.807, 2.05) is 17.5 Å². The van der Waals surface area contributed by atoms with E-state index in [4.69, 9.17) is 9.47 Å². The van der Waals surface area contributed by atoms with Gasteiger partial charge in [-0.3, -0.25) is 9.20 Å². The van der Waals surface area contributed by atoms with Gasteiger partial charge >= 0.3 is 6.03 Å². The number of amides is 2. The summed E-state index contributed by atoms with van der Waals surface area (Å²) in [6, 6.07) is 13.5. The van der Waals surface area contributed by atoms with Crippen LogP contribution in [0.2, 0.25) is 0 Å². The molecule has 31 heavy (non-hydrogen) atoms. The molecule has 2 aromatic heterocycles. The lowest BCUT2D eigenvalue weighted by Gasteiger charge is -2.12. The molecule has 0 radical (unpaired) electrons. The minimum absolute atomic E-state index is 0.117. The highest BCUT2D eigenvalue weighted by Gasteiger charge is 2.12. The first kappa shape index (κ1) is 20.4. The molecular formula is C22H20N4O4S. The van der Waals surface area contributed by atoms with E-state index in [1.54, 1.807) is 48.8 Å². The fourth-order valence-electron chi connectivity index (χ4n) is 3.14. The molecule has 4 aromatic rings. The number of ether oxygens (including phenoxy) is 2. The molecule has 8 nitrogen and oxygen atoms in total. The summed E-state index contributed by atoms with van der Waals surface area (Å²) in [7, 11) is 3.08. The molecule has 4 rings (SSSR count). The number of hydrogen-bond acceptors (Lipinski definition) is 6. The number of benzene rings is 2. The number of aromatic nitrogens is 2. The molecule has 2 heterocycles. The quantitative estimate of drug-likeness (QED) is 0.484. The highest BCUT2D eigenvalue weighted by molar-refractivity contribution is 7.15. The van der Waals surface area contributed by atoms with Crippen molar-refractivity contribution in [3.63, 3.8) is 0 Å². The number of aryl methyl sites for hydroxylation is 1. The maximum atomic E-state index is 12.4. The predicted molar refractivity (Wildman–Crippen MR) is 122 cm³/mol. The van der Waals surface area contributed by atoms with Gasteiger partial charge in [-0.1, -0.05) is 12.1 Å². The topological polar surface area (TPSA) is 94.0 Å². The van der Waals surface area contributed by atoms with Gasteiger partial charge in [0, 0.05) is 28.9 Å². The van der Waals surface area contributed by atoms with Gasteiger partial charge in [0.05, 0.1) is 25.6 Å². The molecular weight excluding hydrogens is 416 g/mol. The van der Waals surface area contributed by atoms with Crippen LogP contribution in [0.1, 0.15) is 5.69 Å². The zero-order chi connectivity index (χ0) is 22.0. The van der Waals surface area contributed by atoms with Crippen molar-refractivity contribution in [2.75, 3.05) is 24.9 Å². The number of carbonyl (C=O) groups excluding carboxylic acids is 1. The van der Waals surface area contributed by atoms with E-state index in [1.165, 1.54) is 24.5 Å². The number of rotatable bonds is 5. The van der Waals surface area contributed by atoms with Gasteiger partial charge in [-0.2, -0.15) is 0 Å². The molecule has 0 bridgehead atoms. The Kier molecular flexibility index (Phi) is 5.59. The number of anilines is 2. The van der Waals surface area contributed by atoms with Gasteiger partial charge in [-0.15, -0.1) is 11.3 Å². The Hall–Kier alpha value is -3.85. The van der Waals surface area contributed by atoms with Crippen molar-refractivity contribution in [1.29, 1.82) is 0 Å². The van der Waals surface area contributed by atoms with Gasteiger partial charge in [0.25, 0.3) is 5.56 Å². The number of carbonyl (C=O) groups is 1. The smallest absolute Gasteiger partial charge is 0.323 e. The Balaban J connectivity index is 1.51. The predicted octanol–water partition coefficient (Wildman–Crippen LogP) is 4.39. The van der Waals surface area contributed by atoms with Crippen molar-refractivity contribution in [3.8, 4) is 22.8 Å². The van der Waals surface area contributed by atoms with E-state index < -0.39 is 6.03 Å². The average molecular weight is 436 g/mol. The zero-order valence-electron chi connectivity index (χ0n) is 17.1. The van der Waals surface area contributed by atoms with Gasteiger partial charge < -0.3 is 20.1 Å². The van der Waals surface area contributed by atoms with Crippen LogP contribution in [0.4, 0.5) is 16.2 Å². The van der Waals surface area contributed by atoms with Crippen LogP contribution in [0.5, 0.6) is 11.5 Å². The monoisotopic (exact) mass is 436 g/mol. The summed E-state index contributed by atoms with van der Waals surface area (Å²) < 4.78 is 12.0. The van der Waals surface area contributed by atoms with Crippen LogP contribution in [0.3, 0.4) is 0 Å². The zero-order valence-corrected chi connectivity index (χ0v) is 17.9. The normalized spacial score (nSPS) is 10.7. The van der Waals surface area contributed by atoms with E-state index in [2.05, 4.69) is 15.6 Å². The van der Waals surface area contributed by atoms with E-state index >= 15 is 0 Å². The Labute approximate surface area is 182 Å². The highest BCUT2D eigenvalue weighted by Crippen LogP contribution is 2.29. The first-order chi connectivity index (χ1) is 15.0. The van der Waals surface area contributed by atoms with Crippen molar-refractivity contribution in [2.24, 2.45) is 0 Å². The third-order valence-electron chi connectivity index (χ3n) is 4.63. The van der Waals surface area contributed by atoms with Crippen LogP contribution in [0, 0.1) is 6.92 Å². The van der Waals surface area contributed by atoms with Crippen LogP contribution < -0.4 is 25.7 Å². The maximum absolute atomic E-state index is 12.4. The van der Waals surface area contributed by atoms with Gasteiger partial charge in [0.2, 0.25) is 0 Å². The molecule has 0 saturated heterocycles. The van der Waals surface area contributed by atoms with Gasteiger partial charge in [0.1, 0.15) is 11.5 Å². The summed E-state index contributed by atoms with van der Waals surface area (Å²) in [5, 5.41) is 7.44. The summed E-state index contributed by atoms with van der Waals surface area (Å²) in [5.41, 5.74) is 3.31. The second-order valence-corrected chi connectivity index (χ2v) is 7.53. The standard InChI is InChI=1S/C22H20N4O4S/c1-13-10-20(27)26-18(12-31-22(26)23-13)14-4-6-15(7-5-14)24-21(28)25-17-9-8-16(29-2)11-19(17)30-3/h4-12H,1-3H3,(H2,24,25,28). The maximum Gasteiger partial charge on any atom is 0.323 e. The van der Waals surface area contributed by atoms with Crippen molar-refractivity contribution in [2.45, 2.75) is 6.92 Å². The average Bonchev–Trinajstić information content (AvgIpc) is 3.18. The summed E-state index contributed by atoms with van der Waals surface area (Å²) in [5.74, 6) is 1.12. The lowest BCUT2D eigenvalue weighted by atomic mass is 10.1. The Bertz CT molecular complexity index is 1310. The molecule has 0 aliphatic heterocycles. The second-order valence-electron chi connectivity index (χ2n) is 6.70. The van der Waals surface area contributed by atoms with Crippen LogP contribution >= 0.6 is 11.3 Å². The number of thiazole rings is 1. The fraction of sp³-hybridized carbons (Fsp3) is 0.136. The molecule has 158 valence electrons. The van der Waals surface area contributed by atoms with Crippen LogP contribution in [-0.2, 0) is 0 Å². The Morgan fingerprint density at radius 2 is 1.81 bits per heavy atom. The number of nitrogens with one attached hydrogen (secondary N) is 2. The van der Waals surface area contributed by atoms with Crippen LogP contribution in [0.15, 0.2) is 58.7 Å². The molecule has 0 atom stereocenters. The lowest BCUT2D eigenvalue weighted by Crippen LogP contribution is -2.19. The number of urea groups is 1. The molecule has 2 amide bonds. The minimum atomic E-state index is -0.409. The SMILES string of the molecule is COc1ccc(NC(=O)Nc2ccc(-c3csc4nc(C)cc(=O)n34)cc2)c(OC)c1. The molecule has 0 fully saturated rings. The minimum Gasteiger partial charge on any atom is -0.497 e. The molecule has 0 saturated carbocycles. The summed E-state index contributed by atoms with van der Waals surface area (Å²) in [4.78, 5) is 29.8. The molecule has 0 spiro atoms. The molecule has 0 unspecified atom stereocenters. The molecule has 0 aliphatic rings. The highest BCUT2D eigenvalue weighted by atomic mass is 32.1. The summed E-state index contributed by atoms with van der Waals surface area (Å²) >= 11 is 1.41.